The first kappa shape index (κ1) is 14.1. The van der Waals surface area contributed by atoms with E-state index in [1.54, 1.807) is 4.90 Å². The van der Waals surface area contributed by atoms with E-state index in [9.17, 15) is 9.59 Å². The van der Waals surface area contributed by atoms with E-state index >= 15 is 0 Å². The summed E-state index contributed by atoms with van der Waals surface area (Å²) in [4.78, 5) is 29.3. The average Bonchev–Trinajstić information content (AvgIpc) is 2.41. The van der Waals surface area contributed by atoms with Crippen LogP contribution < -0.4 is 0 Å². The smallest absolute Gasteiger partial charge is 0.320 e. The summed E-state index contributed by atoms with van der Waals surface area (Å²) in [5, 5.41) is 9.07. The second-order valence-electron chi connectivity index (χ2n) is 5.68. The normalized spacial score (nSPS) is 29.4. The van der Waals surface area contributed by atoms with Crippen LogP contribution >= 0.6 is 0 Å². The molecule has 19 heavy (non-hydrogen) atoms. The lowest BCUT2D eigenvalue weighted by Crippen LogP contribution is -2.56. The van der Waals surface area contributed by atoms with Gasteiger partial charge in [0.1, 0.15) is 0 Å². The van der Waals surface area contributed by atoms with Gasteiger partial charge in [0.15, 0.2) is 0 Å². The van der Waals surface area contributed by atoms with Gasteiger partial charge in [0.05, 0.1) is 5.92 Å². The fourth-order valence-corrected chi connectivity index (χ4v) is 2.77. The molecule has 2 aliphatic heterocycles. The van der Waals surface area contributed by atoms with Gasteiger partial charge in [-0.25, -0.2) is 4.79 Å². The van der Waals surface area contributed by atoms with Crippen molar-refractivity contribution in [2.45, 2.75) is 25.8 Å². The molecule has 108 valence electrons. The van der Waals surface area contributed by atoms with Crippen LogP contribution in [-0.2, 0) is 4.79 Å². The van der Waals surface area contributed by atoms with Crippen molar-refractivity contribution in [3.8, 4) is 0 Å². The van der Waals surface area contributed by atoms with Crippen molar-refractivity contribution < 1.29 is 14.7 Å². The SMILES string of the molecule is CC1CN(C(=O)N2CCC[C@H](C(=O)O)C2)CCN1C. The second-order valence-corrected chi connectivity index (χ2v) is 5.68. The first-order valence-electron chi connectivity index (χ1n) is 6.96. The number of amides is 2. The molecular weight excluding hydrogens is 246 g/mol. The minimum absolute atomic E-state index is 0.00546. The van der Waals surface area contributed by atoms with Crippen molar-refractivity contribution >= 4 is 12.0 Å². The van der Waals surface area contributed by atoms with Gasteiger partial charge in [-0.1, -0.05) is 0 Å². The molecule has 1 N–H and O–H groups in total. The predicted octanol–water partition coefficient (Wildman–Crippen LogP) is 0.539. The van der Waals surface area contributed by atoms with E-state index in [0.29, 0.717) is 25.6 Å². The largest absolute Gasteiger partial charge is 0.481 e. The minimum Gasteiger partial charge on any atom is -0.481 e. The zero-order valence-corrected chi connectivity index (χ0v) is 11.7. The highest BCUT2D eigenvalue weighted by molar-refractivity contribution is 5.76. The van der Waals surface area contributed by atoms with Gasteiger partial charge in [0, 0.05) is 38.8 Å². The molecule has 2 aliphatic rings. The number of likely N-dealkylation sites (tertiary alicyclic amines) is 1. The van der Waals surface area contributed by atoms with Crippen LogP contribution in [0.1, 0.15) is 19.8 Å². The van der Waals surface area contributed by atoms with Gasteiger partial charge in [-0.05, 0) is 26.8 Å². The molecule has 2 atom stereocenters. The molecule has 2 rings (SSSR count). The Morgan fingerprint density at radius 3 is 2.42 bits per heavy atom. The number of carbonyl (C=O) groups is 2. The van der Waals surface area contributed by atoms with Crippen LogP contribution in [0.3, 0.4) is 0 Å². The van der Waals surface area contributed by atoms with E-state index in [4.69, 9.17) is 5.11 Å². The first-order chi connectivity index (χ1) is 8.99. The molecule has 2 fully saturated rings. The van der Waals surface area contributed by atoms with E-state index in [2.05, 4.69) is 18.9 Å². The molecule has 0 aromatic carbocycles. The number of hydrogen-bond acceptors (Lipinski definition) is 3. The summed E-state index contributed by atoms with van der Waals surface area (Å²) in [5.74, 6) is -1.19. The quantitative estimate of drug-likeness (QED) is 0.754. The summed E-state index contributed by atoms with van der Waals surface area (Å²) in [6.45, 7) is 5.48. The third kappa shape index (κ3) is 3.18. The van der Waals surface area contributed by atoms with Gasteiger partial charge < -0.3 is 19.8 Å². The monoisotopic (exact) mass is 269 g/mol. The molecule has 0 aliphatic carbocycles. The minimum atomic E-state index is -0.788. The number of piperidine rings is 1. The lowest BCUT2D eigenvalue weighted by atomic mass is 9.98. The van der Waals surface area contributed by atoms with Gasteiger partial charge in [-0.3, -0.25) is 4.79 Å². The van der Waals surface area contributed by atoms with Crippen LogP contribution in [0.25, 0.3) is 0 Å². The van der Waals surface area contributed by atoms with Crippen LogP contribution in [0, 0.1) is 5.92 Å². The van der Waals surface area contributed by atoms with Gasteiger partial charge >= 0.3 is 12.0 Å². The molecule has 2 amide bonds. The highest BCUT2D eigenvalue weighted by Crippen LogP contribution is 2.19. The number of nitrogens with zero attached hydrogens (tertiary/aromatic N) is 3. The van der Waals surface area contributed by atoms with Crippen LogP contribution in [0.5, 0.6) is 0 Å². The number of piperazine rings is 1. The van der Waals surface area contributed by atoms with Crippen LogP contribution in [0.4, 0.5) is 4.79 Å². The van der Waals surface area contributed by atoms with Gasteiger partial charge in [0.25, 0.3) is 0 Å². The molecule has 0 spiro atoms. The molecule has 0 aromatic rings. The summed E-state index contributed by atoms with van der Waals surface area (Å²) in [5.41, 5.74) is 0. The molecular formula is C13H23N3O3. The van der Waals surface area contributed by atoms with E-state index in [-0.39, 0.29) is 6.03 Å². The van der Waals surface area contributed by atoms with E-state index in [0.717, 1.165) is 26.1 Å². The Morgan fingerprint density at radius 1 is 1.11 bits per heavy atom. The molecule has 2 saturated heterocycles. The van der Waals surface area contributed by atoms with Crippen molar-refractivity contribution in [2.24, 2.45) is 5.92 Å². The zero-order valence-electron chi connectivity index (χ0n) is 11.7. The predicted molar refractivity (Wildman–Crippen MR) is 71.0 cm³/mol. The molecule has 0 radical (unpaired) electrons. The summed E-state index contributed by atoms with van der Waals surface area (Å²) >= 11 is 0. The summed E-state index contributed by atoms with van der Waals surface area (Å²) < 4.78 is 0. The highest BCUT2D eigenvalue weighted by Gasteiger charge is 2.32. The topological polar surface area (TPSA) is 64.1 Å². The number of carboxylic acid groups (broad SMARTS) is 1. The Kier molecular flexibility index (Phi) is 4.29. The number of urea groups is 1. The lowest BCUT2D eigenvalue weighted by molar-refractivity contribution is -0.143. The number of aliphatic carboxylic acids is 1. The first-order valence-corrected chi connectivity index (χ1v) is 6.96. The molecule has 2 heterocycles. The Balaban J connectivity index is 1.94. The molecule has 6 heteroatoms. The summed E-state index contributed by atoms with van der Waals surface area (Å²) in [6, 6.07) is 0.365. The number of carboxylic acids is 1. The Hall–Kier alpha value is -1.30. The highest BCUT2D eigenvalue weighted by atomic mass is 16.4. The van der Waals surface area contributed by atoms with E-state index in [1.165, 1.54) is 0 Å². The van der Waals surface area contributed by atoms with Gasteiger partial charge in [-0.15, -0.1) is 0 Å². The average molecular weight is 269 g/mol. The van der Waals surface area contributed by atoms with Crippen LogP contribution in [-0.4, -0.2) is 77.6 Å². The van der Waals surface area contributed by atoms with Crippen LogP contribution in [0.15, 0.2) is 0 Å². The van der Waals surface area contributed by atoms with Crippen molar-refractivity contribution in [1.29, 1.82) is 0 Å². The number of likely N-dealkylation sites (N-methyl/N-ethyl adjacent to an activating group) is 1. The second kappa shape index (κ2) is 5.77. The third-order valence-corrected chi connectivity index (χ3v) is 4.27. The maximum absolute atomic E-state index is 12.4. The van der Waals surface area contributed by atoms with Gasteiger partial charge in [0.2, 0.25) is 0 Å². The maximum atomic E-state index is 12.4. The number of rotatable bonds is 1. The van der Waals surface area contributed by atoms with Crippen molar-refractivity contribution in [3.05, 3.63) is 0 Å². The standard InChI is InChI=1S/C13H23N3O3/c1-10-8-16(7-6-14(10)2)13(19)15-5-3-4-11(9-15)12(17)18/h10-11H,3-9H2,1-2H3,(H,17,18)/t10?,11-/m0/s1. The maximum Gasteiger partial charge on any atom is 0.320 e. The number of carbonyl (C=O) groups excluding carboxylic acids is 1. The van der Waals surface area contributed by atoms with E-state index < -0.39 is 11.9 Å². The van der Waals surface area contributed by atoms with Crippen LogP contribution in [0.2, 0.25) is 0 Å². The fourth-order valence-electron chi connectivity index (χ4n) is 2.77. The zero-order chi connectivity index (χ0) is 14.0. The summed E-state index contributed by atoms with van der Waals surface area (Å²) in [7, 11) is 2.06. The molecule has 0 bridgehead atoms. The Labute approximate surface area is 114 Å². The molecule has 6 nitrogen and oxygen atoms in total. The van der Waals surface area contributed by atoms with Crippen molar-refractivity contribution in [2.75, 3.05) is 39.8 Å². The van der Waals surface area contributed by atoms with E-state index in [1.807, 2.05) is 4.90 Å². The fraction of sp³-hybridized carbons (Fsp3) is 0.846. The molecule has 1 unspecified atom stereocenters. The Bertz CT molecular complexity index is 361. The van der Waals surface area contributed by atoms with Gasteiger partial charge in [-0.2, -0.15) is 0 Å². The lowest BCUT2D eigenvalue weighted by Gasteiger charge is -2.41. The van der Waals surface area contributed by atoms with Crippen molar-refractivity contribution in [1.82, 2.24) is 14.7 Å². The Morgan fingerprint density at radius 2 is 1.79 bits per heavy atom. The third-order valence-electron chi connectivity index (χ3n) is 4.27. The summed E-state index contributed by atoms with van der Waals surface area (Å²) in [6.07, 6.45) is 1.46. The molecule has 0 saturated carbocycles. The molecule has 0 aromatic heterocycles. The van der Waals surface area contributed by atoms with Crippen molar-refractivity contribution in [3.63, 3.8) is 0 Å². The number of hydrogen-bond donors (Lipinski definition) is 1.